The average Bonchev–Trinajstić information content (AvgIpc) is 2.46. The number of hydrogen-bond acceptors (Lipinski definition) is 4. The molecule has 0 aliphatic carbocycles. The molecular weight excluding hydrogens is 290 g/mol. The minimum Gasteiger partial charge on any atom is -0.450 e. The highest BCUT2D eigenvalue weighted by molar-refractivity contribution is 6.31. The first-order valence-electron chi connectivity index (χ1n) is 6.52. The van der Waals surface area contributed by atoms with E-state index in [2.05, 4.69) is 15.6 Å². The number of aromatic nitrogens is 1. The van der Waals surface area contributed by atoms with Gasteiger partial charge in [-0.1, -0.05) is 17.7 Å². The fourth-order valence-corrected chi connectivity index (χ4v) is 1.89. The van der Waals surface area contributed by atoms with Crippen molar-refractivity contribution in [2.75, 3.05) is 17.2 Å². The van der Waals surface area contributed by atoms with Crippen LogP contribution in [0.2, 0.25) is 5.02 Å². The van der Waals surface area contributed by atoms with Gasteiger partial charge in [-0.05, 0) is 43.7 Å². The largest absolute Gasteiger partial charge is 0.450 e. The van der Waals surface area contributed by atoms with Crippen LogP contribution in [0.15, 0.2) is 36.5 Å². The first-order chi connectivity index (χ1) is 10.1. The Morgan fingerprint density at radius 2 is 2.14 bits per heavy atom. The van der Waals surface area contributed by atoms with Crippen molar-refractivity contribution in [3.05, 3.63) is 47.1 Å². The number of rotatable bonds is 4. The zero-order valence-corrected chi connectivity index (χ0v) is 12.6. The maximum Gasteiger partial charge on any atom is 0.412 e. The Morgan fingerprint density at radius 3 is 2.81 bits per heavy atom. The second kappa shape index (κ2) is 6.95. The van der Waals surface area contributed by atoms with E-state index in [0.29, 0.717) is 17.4 Å². The number of hydrogen-bond donors (Lipinski definition) is 2. The summed E-state index contributed by atoms with van der Waals surface area (Å²) in [5.74, 6) is 0.432. The van der Waals surface area contributed by atoms with Crippen LogP contribution < -0.4 is 10.6 Å². The van der Waals surface area contributed by atoms with E-state index in [9.17, 15) is 4.79 Å². The van der Waals surface area contributed by atoms with Crippen molar-refractivity contribution >= 4 is 34.9 Å². The van der Waals surface area contributed by atoms with Crippen LogP contribution in [0.5, 0.6) is 0 Å². The summed E-state index contributed by atoms with van der Waals surface area (Å²) in [4.78, 5) is 15.4. The molecule has 0 saturated heterocycles. The molecule has 21 heavy (non-hydrogen) atoms. The molecule has 2 N–H and O–H groups in total. The van der Waals surface area contributed by atoms with Crippen LogP contribution in [0.4, 0.5) is 22.0 Å². The Morgan fingerprint density at radius 1 is 1.33 bits per heavy atom. The number of benzene rings is 1. The molecule has 5 nitrogen and oxygen atoms in total. The summed E-state index contributed by atoms with van der Waals surface area (Å²) >= 11 is 6.08. The lowest BCUT2D eigenvalue weighted by Crippen LogP contribution is -2.14. The number of amides is 1. The molecule has 1 heterocycles. The zero-order valence-electron chi connectivity index (χ0n) is 11.8. The minimum atomic E-state index is -0.517. The van der Waals surface area contributed by atoms with Crippen molar-refractivity contribution < 1.29 is 9.53 Å². The number of nitrogens with zero attached hydrogens (tertiary/aromatic N) is 1. The summed E-state index contributed by atoms with van der Waals surface area (Å²) in [6.45, 7) is 4.00. The van der Waals surface area contributed by atoms with E-state index in [1.165, 1.54) is 0 Å². The molecule has 0 unspecified atom stereocenters. The maximum atomic E-state index is 11.3. The smallest absolute Gasteiger partial charge is 0.412 e. The van der Waals surface area contributed by atoms with Gasteiger partial charge in [-0.3, -0.25) is 5.32 Å². The predicted molar refractivity (Wildman–Crippen MR) is 84.4 cm³/mol. The summed E-state index contributed by atoms with van der Waals surface area (Å²) in [5, 5.41) is 6.46. The number of carbonyl (C=O) groups excluding carboxylic acids is 1. The second-order valence-corrected chi connectivity index (χ2v) is 4.72. The molecule has 1 amide bonds. The highest BCUT2D eigenvalue weighted by Crippen LogP contribution is 2.26. The first-order valence-corrected chi connectivity index (χ1v) is 6.90. The Kier molecular flexibility index (Phi) is 5.00. The zero-order chi connectivity index (χ0) is 15.2. The van der Waals surface area contributed by atoms with Crippen molar-refractivity contribution in [3.8, 4) is 0 Å². The molecule has 1 aromatic heterocycles. The third-order valence-electron chi connectivity index (χ3n) is 2.82. The Hall–Kier alpha value is -2.27. The monoisotopic (exact) mass is 305 g/mol. The van der Waals surface area contributed by atoms with Crippen molar-refractivity contribution in [2.24, 2.45) is 0 Å². The van der Waals surface area contributed by atoms with Gasteiger partial charge in [-0.15, -0.1) is 0 Å². The molecule has 6 heteroatoms. The quantitative estimate of drug-likeness (QED) is 0.881. The second-order valence-electron chi connectivity index (χ2n) is 4.31. The Labute approximate surface area is 128 Å². The molecular formula is C15H16ClN3O2. The van der Waals surface area contributed by atoms with E-state index in [1.807, 2.05) is 31.2 Å². The Balaban J connectivity index is 2.05. The Bertz CT molecular complexity index is 629. The standard InChI is InChI=1S/C15H16ClN3O2/c1-3-21-15(20)19-14-8-7-11(9-17-14)18-13-6-4-5-12(16)10(13)2/h4-9,18H,3H2,1-2H3,(H,17,19,20). The fraction of sp³-hybridized carbons (Fsp3) is 0.200. The third-order valence-corrected chi connectivity index (χ3v) is 3.23. The highest BCUT2D eigenvalue weighted by atomic mass is 35.5. The number of nitrogens with one attached hydrogen (secondary N) is 2. The van der Waals surface area contributed by atoms with Gasteiger partial charge in [0, 0.05) is 10.7 Å². The molecule has 1 aromatic carbocycles. The number of anilines is 3. The summed E-state index contributed by atoms with van der Waals surface area (Å²) in [7, 11) is 0. The van der Waals surface area contributed by atoms with Crippen LogP contribution >= 0.6 is 11.6 Å². The molecule has 110 valence electrons. The lowest BCUT2D eigenvalue weighted by molar-refractivity contribution is 0.168. The summed E-state index contributed by atoms with van der Waals surface area (Å²) in [5.41, 5.74) is 2.68. The normalized spacial score (nSPS) is 10.0. The summed E-state index contributed by atoms with van der Waals surface area (Å²) in [6.07, 6.45) is 1.11. The van der Waals surface area contributed by atoms with E-state index in [1.54, 1.807) is 19.2 Å². The van der Waals surface area contributed by atoms with Gasteiger partial charge < -0.3 is 10.1 Å². The average molecular weight is 306 g/mol. The molecule has 0 atom stereocenters. The van der Waals surface area contributed by atoms with E-state index in [4.69, 9.17) is 16.3 Å². The molecule has 0 aliphatic heterocycles. The lowest BCUT2D eigenvalue weighted by Gasteiger charge is -2.11. The van der Waals surface area contributed by atoms with Crippen molar-refractivity contribution in [1.29, 1.82) is 0 Å². The molecule has 0 spiro atoms. The number of halogens is 1. The number of carbonyl (C=O) groups is 1. The molecule has 0 aliphatic rings. The van der Waals surface area contributed by atoms with Crippen LogP contribution in [0.1, 0.15) is 12.5 Å². The van der Waals surface area contributed by atoms with Gasteiger partial charge in [0.2, 0.25) is 0 Å². The lowest BCUT2D eigenvalue weighted by atomic mass is 10.2. The van der Waals surface area contributed by atoms with Gasteiger partial charge in [-0.25, -0.2) is 9.78 Å². The molecule has 0 radical (unpaired) electrons. The van der Waals surface area contributed by atoms with Gasteiger partial charge in [0.1, 0.15) is 5.82 Å². The summed E-state index contributed by atoms with van der Waals surface area (Å²) in [6, 6.07) is 9.16. The van der Waals surface area contributed by atoms with Crippen molar-refractivity contribution in [3.63, 3.8) is 0 Å². The highest BCUT2D eigenvalue weighted by Gasteiger charge is 2.05. The van der Waals surface area contributed by atoms with Crippen LogP contribution in [0, 0.1) is 6.92 Å². The third kappa shape index (κ3) is 4.10. The van der Waals surface area contributed by atoms with Crippen LogP contribution in [0.25, 0.3) is 0 Å². The number of ether oxygens (including phenoxy) is 1. The molecule has 2 aromatic rings. The van der Waals surface area contributed by atoms with E-state index in [-0.39, 0.29) is 0 Å². The van der Waals surface area contributed by atoms with Gasteiger partial charge in [-0.2, -0.15) is 0 Å². The SMILES string of the molecule is CCOC(=O)Nc1ccc(Nc2cccc(Cl)c2C)cn1. The summed E-state index contributed by atoms with van der Waals surface area (Å²) < 4.78 is 4.78. The first kappa shape index (κ1) is 15.1. The van der Waals surface area contributed by atoms with Crippen LogP contribution in [0.3, 0.4) is 0 Å². The van der Waals surface area contributed by atoms with E-state index in [0.717, 1.165) is 16.9 Å². The fourth-order valence-electron chi connectivity index (χ4n) is 1.71. The van der Waals surface area contributed by atoms with Gasteiger partial charge >= 0.3 is 6.09 Å². The van der Waals surface area contributed by atoms with E-state index < -0.39 is 6.09 Å². The van der Waals surface area contributed by atoms with Gasteiger partial charge in [0.05, 0.1) is 18.5 Å². The molecule has 0 fully saturated rings. The van der Waals surface area contributed by atoms with Crippen LogP contribution in [-0.2, 0) is 4.74 Å². The van der Waals surface area contributed by atoms with Crippen LogP contribution in [-0.4, -0.2) is 17.7 Å². The van der Waals surface area contributed by atoms with Crippen molar-refractivity contribution in [1.82, 2.24) is 4.98 Å². The minimum absolute atomic E-state index is 0.319. The molecule has 2 rings (SSSR count). The predicted octanol–water partition coefficient (Wildman–Crippen LogP) is 4.36. The maximum absolute atomic E-state index is 11.3. The van der Waals surface area contributed by atoms with Crippen molar-refractivity contribution in [2.45, 2.75) is 13.8 Å². The van der Waals surface area contributed by atoms with E-state index >= 15 is 0 Å². The number of pyridine rings is 1. The van der Waals surface area contributed by atoms with Gasteiger partial charge in [0.25, 0.3) is 0 Å². The van der Waals surface area contributed by atoms with Gasteiger partial charge in [0.15, 0.2) is 0 Å². The molecule has 0 bridgehead atoms. The topological polar surface area (TPSA) is 63.2 Å². The molecule has 0 saturated carbocycles.